The minimum atomic E-state index is -0.118. The van der Waals surface area contributed by atoms with Crippen LogP contribution >= 0.6 is 0 Å². The van der Waals surface area contributed by atoms with Crippen molar-refractivity contribution < 1.29 is 9.13 Å². The quantitative estimate of drug-likeness (QED) is 0.688. The van der Waals surface area contributed by atoms with Gasteiger partial charge in [-0.1, -0.05) is 6.07 Å². The normalized spacial score (nSPS) is 37.1. The van der Waals surface area contributed by atoms with E-state index in [0.717, 1.165) is 37.7 Å². The maximum atomic E-state index is 6.51. The van der Waals surface area contributed by atoms with E-state index in [1.54, 1.807) is 0 Å². The van der Waals surface area contributed by atoms with Crippen molar-refractivity contribution in [1.29, 1.82) is 0 Å². The molecule has 1 aromatic heterocycles. The smallest absolute Gasteiger partial charge is 0.298 e. The van der Waals surface area contributed by atoms with Gasteiger partial charge in [-0.05, 0) is 37.5 Å². The molecule has 3 saturated heterocycles. The van der Waals surface area contributed by atoms with Gasteiger partial charge < -0.3 is 9.13 Å². The van der Waals surface area contributed by atoms with Crippen LogP contribution in [0.2, 0.25) is 0 Å². The van der Waals surface area contributed by atoms with Crippen molar-refractivity contribution in [1.82, 2.24) is 9.55 Å². The highest BCUT2D eigenvalue weighted by Crippen LogP contribution is 2.46. The van der Waals surface area contributed by atoms with Gasteiger partial charge in [-0.3, -0.25) is 4.57 Å². The van der Waals surface area contributed by atoms with Crippen molar-refractivity contribution in [2.45, 2.75) is 31.9 Å². The second kappa shape index (κ2) is 3.64. The highest BCUT2D eigenvalue weighted by molar-refractivity contribution is 5.97. The van der Waals surface area contributed by atoms with Crippen molar-refractivity contribution in [3.8, 4) is 6.01 Å². The van der Waals surface area contributed by atoms with Crippen LogP contribution in [0.25, 0.3) is 11.0 Å². The number of piperidine rings is 3. The number of aryl methyl sites for hydroxylation is 1. The Morgan fingerprint density at radius 3 is 2.95 bits per heavy atom. The average Bonchev–Trinajstić information content (AvgIpc) is 2.92. The Morgan fingerprint density at radius 1 is 1.38 bits per heavy atom. The van der Waals surface area contributed by atoms with Gasteiger partial charge in [0.1, 0.15) is 0 Å². The van der Waals surface area contributed by atoms with E-state index in [1.807, 2.05) is 0 Å². The van der Waals surface area contributed by atoms with Crippen molar-refractivity contribution in [2.75, 3.05) is 19.6 Å². The van der Waals surface area contributed by atoms with Gasteiger partial charge >= 0.3 is 0 Å². The predicted molar refractivity (Wildman–Crippen MR) is 81.2 cm³/mol. The summed E-state index contributed by atoms with van der Waals surface area (Å²) in [6, 6.07) is 7.23. The molecule has 4 aliphatic heterocycles. The fourth-order valence-electron chi connectivity index (χ4n) is 4.65. The van der Waals surface area contributed by atoms with E-state index >= 15 is 0 Å². The first-order valence-electron chi connectivity index (χ1n) is 7.88. The zero-order valence-electron chi connectivity index (χ0n) is 12.4. The zero-order chi connectivity index (χ0) is 14.2. The molecule has 4 nitrogen and oxygen atoms in total. The molecule has 1 atom stereocenters. The molecule has 1 unspecified atom stereocenters. The molecule has 2 bridgehead atoms. The maximum Gasteiger partial charge on any atom is 0.298 e. The van der Waals surface area contributed by atoms with Crippen molar-refractivity contribution in [3.05, 3.63) is 23.8 Å². The first-order chi connectivity index (χ1) is 10.1. The van der Waals surface area contributed by atoms with E-state index < -0.39 is 0 Å². The Balaban J connectivity index is 1.59. The van der Waals surface area contributed by atoms with Crippen LogP contribution in [0.5, 0.6) is 6.01 Å². The molecule has 4 aliphatic rings. The third-order valence-electron chi connectivity index (χ3n) is 5.76. The van der Waals surface area contributed by atoms with Crippen LogP contribution in [0.1, 0.15) is 18.4 Å². The summed E-state index contributed by atoms with van der Waals surface area (Å²) in [7, 11) is 6.51. The summed E-state index contributed by atoms with van der Waals surface area (Å²) < 4.78 is 9.35. The molecule has 6 rings (SSSR count). The van der Waals surface area contributed by atoms with E-state index in [0.29, 0.717) is 10.3 Å². The molecule has 1 spiro atoms. The number of hydrogen-bond acceptors (Lipinski definition) is 2. The van der Waals surface area contributed by atoms with Gasteiger partial charge in [0.2, 0.25) is 0 Å². The van der Waals surface area contributed by atoms with Crippen molar-refractivity contribution >= 4 is 19.0 Å². The van der Waals surface area contributed by atoms with Gasteiger partial charge in [0, 0.05) is 19.0 Å². The fraction of sp³-hybridized carbons (Fsp3) is 0.562. The van der Waals surface area contributed by atoms with Crippen LogP contribution in [0.3, 0.4) is 0 Å². The van der Waals surface area contributed by atoms with Crippen LogP contribution in [0.15, 0.2) is 18.2 Å². The second-order valence-corrected chi connectivity index (χ2v) is 7.24. The lowest BCUT2D eigenvalue weighted by Gasteiger charge is -2.64. The number of nitrogens with zero attached hydrogens (tertiary/aromatic N) is 3. The van der Waals surface area contributed by atoms with Crippen LogP contribution in [0, 0.1) is 12.8 Å². The van der Waals surface area contributed by atoms with Gasteiger partial charge in [-0.25, -0.2) is 7.98 Å². The number of fused-ring (bicyclic) bond motifs is 5. The summed E-state index contributed by atoms with van der Waals surface area (Å²) in [5.74, 6) is 0.628. The molecule has 3 fully saturated rings. The highest BCUT2D eigenvalue weighted by atomic mass is 16.5. The minimum Gasteiger partial charge on any atom is -0.585 e. The van der Waals surface area contributed by atoms with Gasteiger partial charge in [-0.2, -0.15) is 4.98 Å². The Labute approximate surface area is 125 Å². The Kier molecular flexibility index (Phi) is 2.10. The molecule has 107 valence electrons. The molecule has 21 heavy (non-hydrogen) atoms. The van der Waals surface area contributed by atoms with Crippen LogP contribution in [0.4, 0.5) is 0 Å². The zero-order valence-corrected chi connectivity index (χ0v) is 12.4. The summed E-state index contributed by atoms with van der Waals surface area (Å²) in [6.07, 6.45) is 2.36. The van der Waals surface area contributed by atoms with Crippen LogP contribution in [-0.4, -0.2) is 47.2 Å². The Morgan fingerprint density at radius 2 is 2.19 bits per heavy atom. The third-order valence-corrected chi connectivity index (χ3v) is 5.76. The standard InChI is InChI=1S/C16H19BN3O/c1-11-2-3-14-13(8-11)18-15-19(14)9-16(21-15)10-20(17)6-4-12(16)5-7-20/h2-3,8,12H,4-7,9-10H2,1H3. The molecule has 0 saturated carbocycles. The van der Waals surface area contributed by atoms with Gasteiger partial charge in [0.05, 0.1) is 24.1 Å². The number of benzene rings is 1. The number of aromatic nitrogens is 2. The van der Waals surface area contributed by atoms with Crippen molar-refractivity contribution in [3.63, 3.8) is 0 Å². The Bertz CT molecular complexity index is 747. The van der Waals surface area contributed by atoms with E-state index in [1.165, 1.54) is 23.9 Å². The molecule has 3 radical (unpaired) electrons. The second-order valence-electron chi connectivity index (χ2n) is 7.24. The number of ether oxygens (including phenoxy) is 1. The summed E-state index contributed by atoms with van der Waals surface area (Å²) in [6.45, 7) is 6.12. The monoisotopic (exact) mass is 280 g/mol. The number of imidazole rings is 1. The fourth-order valence-corrected chi connectivity index (χ4v) is 4.65. The largest absolute Gasteiger partial charge is 0.585 e. The van der Waals surface area contributed by atoms with Gasteiger partial charge in [0.25, 0.3) is 6.01 Å². The highest BCUT2D eigenvalue weighted by Gasteiger charge is 2.55. The summed E-state index contributed by atoms with van der Waals surface area (Å²) in [5, 5.41) is 0. The van der Waals surface area contributed by atoms with Gasteiger partial charge in [-0.15, -0.1) is 0 Å². The first-order valence-corrected chi connectivity index (χ1v) is 7.88. The molecule has 0 aliphatic carbocycles. The average molecular weight is 280 g/mol. The number of quaternary nitrogens is 1. The van der Waals surface area contributed by atoms with Crippen molar-refractivity contribution in [2.24, 2.45) is 5.92 Å². The summed E-state index contributed by atoms with van der Waals surface area (Å²) >= 11 is 0. The van der Waals surface area contributed by atoms with Crippen LogP contribution in [-0.2, 0) is 6.54 Å². The van der Waals surface area contributed by atoms with E-state index in [4.69, 9.17) is 17.7 Å². The molecule has 5 heterocycles. The molecular weight excluding hydrogens is 261 g/mol. The lowest BCUT2D eigenvalue weighted by molar-refractivity contribution is -0.845. The SMILES string of the molecule is [B-][N+]12CCC(CC1)C1(Cn3c(nc4cc(C)ccc43)O1)C2. The first kappa shape index (κ1) is 12.1. The summed E-state index contributed by atoms with van der Waals surface area (Å²) in [4.78, 5) is 4.70. The number of hydrogen-bond donors (Lipinski definition) is 0. The molecule has 0 N–H and O–H groups in total. The lowest BCUT2D eigenvalue weighted by Crippen LogP contribution is -2.69. The minimum absolute atomic E-state index is 0.118. The van der Waals surface area contributed by atoms with Crippen LogP contribution < -0.4 is 4.74 Å². The molecule has 2 aromatic rings. The Hall–Kier alpha value is -1.49. The molecule has 0 amide bonds. The van der Waals surface area contributed by atoms with Gasteiger partial charge in [0.15, 0.2) is 5.60 Å². The molecule has 5 heteroatoms. The molecule has 1 aromatic carbocycles. The van der Waals surface area contributed by atoms with E-state index in [2.05, 4.69) is 29.7 Å². The predicted octanol–water partition coefficient (Wildman–Crippen LogP) is 1.80. The third kappa shape index (κ3) is 1.53. The summed E-state index contributed by atoms with van der Waals surface area (Å²) in [5.41, 5.74) is 3.35. The van der Waals surface area contributed by atoms with E-state index in [-0.39, 0.29) is 5.60 Å². The molecular formula is C16H19BN3O. The van der Waals surface area contributed by atoms with E-state index in [9.17, 15) is 0 Å². The number of rotatable bonds is 0. The lowest BCUT2D eigenvalue weighted by atomic mass is 9.71. The topological polar surface area (TPSA) is 27.1 Å². The maximum absolute atomic E-state index is 6.51.